The van der Waals surface area contributed by atoms with Gasteiger partial charge in [-0.1, -0.05) is 15.9 Å². The van der Waals surface area contributed by atoms with Crippen LogP contribution in [0.2, 0.25) is 0 Å². The molecular formula is C11H8BrFO2. The molecule has 78 valence electrons. The fourth-order valence-corrected chi connectivity index (χ4v) is 2.01. The molecule has 0 aliphatic rings. The Morgan fingerprint density at radius 2 is 2.13 bits per heavy atom. The zero-order chi connectivity index (χ0) is 11.2. The zero-order valence-corrected chi connectivity index (χ0v) is 9.81. The fourth-order valence-electron chi connectivity index (χ4n) is 1.58. The number of fused-ring (bicyclic) bond motifs is 1. The Labute approximate surface area is 94.2 Å². The molecule has 0 saturated heterocycles. The van der Waals surface area contributed by atoms with E-state index in [4.69, 9.17) is 4.42 Å². The number of halogens is 2. The van der Waals surface area contributed by atoms with E-state index < -0.39 is 5.82 Å². The van der Waals surface area contributed by atoms with E-state index in [1.807, 2.05) is 0 Å². The lowest BCUT2D eigenvalue weighted by Crippen LogP contribution is -1.90. The summed E-state index contributed by atoms with van der Waals surface area (Å²) in [4.78, 5) is 11.2. The van der Waals surface area contributed by atoms with Crippen LogP contribution in [0.5, 0.6) is 0 Å². The second kappa shape index (κ2) is 3.45. The Morgan fingerprint density at radius 3 is 2.73 bits per heavy atom. The van der Waals surface area contributed by atoms with Crippen molar-refractivity contribution in [2.24, 2.45) is 0 Å². The Morgan fingerprint density at radius 1 is 1.47 bits per heavy atom. The third-order valence-corrected chi connectivity index (χ3v) is 2.73. The molecule has 0 spiro atoms. The van der Waals surface area contributed by atoms with Gasteiger partial charge in [-0.25, -0.2) is 4.39 Å². The maximum absolute atomic E-state index is 13.5. The highest BCUT2D eigenvalue weighted by Crippen LogP contribution is 2.30. The van der Waals surface area contributed by atoms with Crippen LogP contribution in [0.1, 0.15) is 23.0 Å². The molecule has 0 amide bonds. The summed E-state index contributed by atoms with van der Waals surface area (Å²) in [6.45, 7) is 3.14. The SMILES string of the molecule is CC(=O)c1oc2c(F)cc(Br)cc2c1C. The Bertz CT molecular complexity index is 557. The van der Waals surface area contributed by atoms with Crippen molar-refractivity contribution in [3.8, 4) is 0 Å². The van der Waals surface area contributed by atoms with Crippen molar-refractivity contribution in [3.05, 3.63) is 33.7 Å². The van der Waals surface area contributed by atoms with Gasteiger partial charge in [-0.15, -0.1) is 0 Å². The normalized spacial score (nSPS) is 10.9. The van der Waals surface area contributed by atoms with Crippen LogP contribution in [0.15, 0.2) is 21.0 Å². The molecule has 15 heavy (non-hydrogen) atoms. The van der Waals surface area contributed by atoms with Crippen molar-refractivity contribution < 1.29 is 13.6 Å². The summed E-state index contributed by atoms with van der Waals surface area (Å²) in [5.41, 5.74) is 0.818. The lowest BCUT2D eigenvalue weighted by molar-refractivity contribution is 0.0988. The van der Waals surface area contributed by atoms with Crippen molar-refractivity contribution >= 4 is 32.7 Å². The maximum atomic E-state index is 13.5. The monoisotopic (exact) mass is 270 g/mol. The minimum Gasteiger partial charge on any atom is -0.450 e. The number of benzene rings is 1. The average molecular weight is 271 g/mol. The van der Waals surface area contributed by atoms with Crippen LogP contribution in [-0.4, -0.2) is 5.78 Å². The van der Waals surface area contributed by atoms with Crippen LogP contribution in [0.4, 0.5) is 4.39 Å². The predicted molar refractivity (Wildman–Crippen MR) is 58.6 cm³/mol. The highest BCUT2D eigenvalue weighted by Gasteiger charge is 2.17. The van der Waals surface area contributed by atoms with Gasteiger partial charge in [0, 0.05) is 22.3 Å². The molecular weight excluding hydrogens is 263 g/mol. The first-order valence-corrected chi connectivity index (χ1v) is 5.19. The zero-order valence-electron chi connectivity index (χ0n) is 8.23. The van der Waals surface area contributed by atoms with Crippen molar-refractivity contribution in [1.29, 1.82) is 0 Å². The van der Waals surface area contributed by atoms with Gasteiger partial charge in [0.15, 0.2) is 22.9 Å². The molecule has 2 nitrogen and oxygen atoms in total. The van der Waals surface area contributed by atoms with Crippen molar-refractivity contribution in [2.45, 2.75) is 13.8 Å². The lowest BCUT2D eigenvalue weighted by atomic mass is 10.1. The van der Waals surface area contributed by atoms with E-state index >= 15 is 0 Å². The number of furan rings is 1. The highest BCUT2D eigenvalue weighted by atomic mass is 79.9. The number of ketones is 1. The Balaban J connectivity index is 2.88. The van der Waals surface area contributed by atoms with Crippen LogP contribution < -0.4 is 0 Å². The number of carbonyl (C=O) groups is 1. The van der Waals surface area contributed by atoms with E-state index in [0.29, 0.717) is 15.4 Å². The smallest absolute Gasteiger partial charge is 0.195 e. The van der Waals surface area contributed by atoms with Gasteiger partial charge in [0.2, 0.25) is 0 Å². The van der Waals surface area contributed by atoms with Gasteiger partial charge in [-0.2, -0.15) is 0 Å². The molecule has 1 aromatic heterocycles. The second-order valence-electron chi connectivity index (χ2n) is 3.38. The van der Waals surface area contributed by atoms with Gasteiger partial charge >= 0.3 is 0 Å². The Hall–Kier alpha value is -1.16. The standard InChI is InChI=1S/C11H8BrFO2/c1-5-8-3-7(12)4-9(13)11(8)15-10(5)6(2)14/h3-4H,1-2H3. The number of hydrogen-bond acceptors (Lipinski definition) is 2. The number of aryl methyl sites for hydroxylation is 1. The minimum absolute atomic E-state index is 0.140. The van der Waals surface area contributed by atoms with Gasteiger partial charge in [0.25, 0.3) is 0 Å². The molecule has 2 aromatic rings. The summed E-state index contributed by atoms with van der Waals surface area (Å²) >= 11 is 3.20. The largest absolute Gasteiger partial charge is 0.450 e. The van der Waals surface area contributed by atoms with Crippen LogP contribution in [0.3, 0.4) is 0 Å². The first-order chi connectivity index (χ1) is 7.00. The molecule has 0 radical (unpaired) electrons. The van der Waals surface area contributed by atoms with Crippen LogP contribution >= 0.6 is 15.9 Å². The molecule has 4 heteroatoms. The molecule has 0 unspecified atom stereocenters. The van der Waals surface area contributed by atoms with E-state index in [-0.39, 0.29) is 17.1 Å². The summed E-state index contributed by atoms with van der Waals surface area (Å²) in [6.07, 6.45) is 0. The molecule has 1 heterocycles. The van der Waals surface area contributed by atoms with Gasteiger partial charge in [-0.05, 0) is 19.1 Å². The first kappa shape index (κ1) is 10.4. The summed E-state index contributed by atoms with van der Waals surface area (Å²) in [7, 11) is 0. The second-order valence-corrected chi connectivity index (χ2v) is 4.29. The number of rotatable bonds is 1. The van der Waals surface area contributed by atoms with Crippen LogP contribution in [0, 0.1) is 12.7 Å². The van der Waals surface area contributed by atoms with Crippen LogP contribution in [-0.2, 0) is 0 Å². The molecule has 0 saturated carbocycles. The summed E-state index contributed by atoms with van der Waals surface area (Å²) < 4.78 is 19.3. The molecule has 0 aliphatic heterocycles. The highest BCUT2D eigenvalue weighted by molar-refractivity contribution is 9.10. The third-order valence-electron chi connectivity index (χ3n) is 2.28. The van der Waals surface area contributed by atoms with E-state index in [1.165, 1.54) is 13.0 Å². The predicted octanol–water partition coefficient (Wildman–Crippen LogP) is 3.85. The maximum Gasteiger partial charge on any atom is 0.195 e. The van der Waals surface area contributed by atoms with E-state index in [2.05, 4.69) is 15.9 Å². The van der Waals surface area contributed by atoms with E-state index in [0.717, 1.165) is 0 Å². The average Bonchev–Trinajstić information content (AvgIpc) is 2.44. The molecule has 1 aromatic carbocycles. The van der Waals surface area contributed by atoms with Gasteiger partial charge in [0.05, 0.1) is 0 Å². The summed E-state index contributed by atoms with van der Waals surface area (Å²) in [5, 5.41) is 0.632. The van der Waals surface area contributed by atoms with Crippen molar-refractivity contribution in [3.63, 3.8) is 0 Å². The number of carbonyl (C=O) groups excluding carboxylic acids is 1. The molecule has 2 rings (SSSR count). The summed E-state index contributed by atoms with van der Waals surface area (Å²) in [5.74, 6) is -0.434. The molecule has 0 bridgehead atoms. The number of Topliss-reactive ketones (excluding diaryl/α,β-unsaturated/α-hetero) is 1. The van der Waals surface area contributed by atoms with Crippen LogP contribution in [0.25, 0.3) is 11.0 Å². The van der Waals surface area contributed by atoms with E-state index in [1.54, 1.807) is 13.0 Å². The van der Waals surface area contributed by atoms with Gasteiger partial charge in [0.1, 0.15) is 0 Å². The van der Waals surface area contributed by atoms with Gasteiger partial charge in [-0.3, -0.25) is 4.79 Å². The fraction of sp³-hybridized carbons (Fsp3) is 0.182. The Kier molecular flexibility index (Phi) is 2.38. The molecule has 0 fully saturated rings. The van der Waals surface area contributed by atoms with Crippen molar-refractivity contribution in [1.82, 2.24) is 0 Å². The quantitative estimate of drug-likeness (QED) is 0.737. The lowest BCUT2D eigenvalue weighted by Gasteiger charge is -1.93. The third kappa shape index (κ3) is 1.59. The number of hydrogen-bond donors (Lipinski definition) is 0. The van der Waals surface area contributed by atoms with Crippen molar-refractivity contribution in [2.75, 3.05) is 0 Å². The molecule has 0 atom stereocenters. The molecule has 0 aliphatic carbocycles. The first-order valence-electron chi connectivity index (χ1n) is 4.40. The minimum atomic E-state index is -0.463. The van der Waals surface area contributed by atoms with Gasteiger partial charge < -0.3 is 4.42 Å². The molecule has 0 N–H and O–H groups in total. The summed E-state index contributed by atoms with van der Waals surface area (Å²) in [6, 6.07) is 3.05. The van der Waals surface area contributed by atoms with E-state index in [9.17, 15) is 9.18 Å². The topological polar surface area (TPSA) is 30.2 Å².